The Bertz CT molecular complexity index is 384. The summed E-state index contributed by atoms with van der Waals surface area (Å²) < 4.78 is 5.70. The fraction of sp³-hybridized carbons (Fsp3) is 0.643. The number of rotatable bonds is 8. The predicted molar refractivity (Wildman–Crippen MR) is 74.8 cm³/mol. The lowest BCUT2D eigenvalue weighted by Crippen LogP contribution is -2.12. The van der Waals surface area contributed by atoms with E-state index in [2.05, 4.69) is 13.8 Å². The molecule has 1 atom stereocenters. The number of thiophene rings is 1. The molecule has 0 aliphatic heterocycles. The molecule has 3 nitrogen and oxygen atoms in total. The number of aryl methyl sites for hydroxylation is 1. The number of hydrogen-bond donors (Lipinski definition) is 1. The van der Waals surface area contributed by atoms with Crippen LogP contribution in [0.25, 0.3) is 0 Å². The Hall–Kier alpha value is -1.03. The third-order valence-corrected chi connectivity index (χ3v) is 4.05. The molecule has 0 radical (unpaired) electrons. The summed E-state index contributed by atoms with van der Waals surface area (Å²) in [6.07, 6.45) is 4.62. The molecule has 1 rings (SSSR count). The fourth-order valence-corrected chi connectivity index (χ4v) is 2.65. The van der Waals surface area contributed by atoms with Crippen molar-refractivity contribution in [3.63, 3.8) is 0 Å². The maximum atomic E-state index is 11.1. The van der Waals surface area contributed by atoms with Crippen molar-refractivity contribution in [3.05, 3.63) is 15.8 Å². The van der Waals surface area contributed by atoms with E-state index in [-0.39, 0.29) is 0 Å². The fourth-order valence-electron chi connectivity index (χ4n) is 1.85. The zero-order valence-electron chi connectivity index (χ0n) is 11.4. The smallest absolute Gasteiger partial charge is 0.349 e. The third kappa shape index (κ3) is 4.33. The minimum Gasteiger partial charge on any atom is -0.491 e. The molecule has 0 saturated carbocycles. The normalized spacial score (nSPS) is 12.4. The quantitative estimate of drug-likeness (QED) is 0.764. The van der Waals surface area contributed by atoms with Crippen molar-refractivity contribution in [2.75, 3.05) is 6.61 Å². The maximum Gasteiger partial charge on any atom is 0.349 e. The van der Waals surface area contributed by atoms with Gasteiger partial charge in [0.15, 0.2) is 4.88 Å². The molecular formula is C14H22O3S. The molecular weight excluding hydrogens is 248 g/mol. The van der Waals surface area contributed by atoms with E-state index in [1.165, 1.54) is 24.2 Å². The Morgan fingerprint density at radius 3 is 2.78 bits per heavy atom. The molecule has 0 spiro atoms. The van der Waals surface area contributed by atoms with E-state index in [0.717, 1.165) is 17.7 Å². The van der Waals surface area contributed by atoms with Crippen molar-refractivity contribution in [2.24, 2.45) is 5.92 Å². The molecule has 0 aliphatic carbocycles. The van der Waals surface area contributed by atoms with E-state index in [4.69, 9.17) is 9.84 Å². The second kappa shape index (κ2) is 7.41. The number of carboxylic acid groups (broad SMARTS) is 1. The molecule has 1 aromatic heterocycles. The van der Waals surface area contributed by atoms with Crippen molar-refractivity contribution >= 4 is 17.3 Å². The molecule has 0 fully saturated rings. The van der Waals surface area contributed by atoms with Crippen LogP contribution in [0.4, 0.5) is 0 Å². The van der Waals surface area contributed by atoms with Gasteiger partial charge in [-0.25, -0.2) is 4.79 Å². The molecule has 0 amide bonds. The summed E-state index contributed by atoms with van der Waals surface area (Å²) in [6, 6.07) is 1.82. The molecule has 18 heavy (non-hydrogen) atoms. The maximum absolute atomic E-state index is 11.1. The van der Waals surface area contributed by atoms with Crippen LogP contribution in [0.2, 0.25) is 0 Å². The molecule has 1 N–H and O–H groups in total. The highest BCUT2D eigenvalue weighted by Crippen LogP contribution is 2.29. The first kappa shape index (κ1) is 15.0. The lowest BCUT2D eigenvalue weighted by atomic mass is 10.0. The predicted octanol–water partition coefficient (Wildman–Crippen LogP) is 4.35. The van der Waals surface area contributed by atoms with E-state index < -0.39 is 5.97 Å². The van der Waals surface area contributed by atoms with Crippen molar-refractivity contribution in [2.45, 2.75) is 46.5 Å². The molecule has 0 aliphatic rings. The minimum atomic E-state index is -0.898. The van der Waals surface area contributed by atoms with Crippen LogP contribution in [0.1, 0.15) is 54.1 Å². The van der Waals surface area contributed by atoms with E-state index >= 15 is 0 Å². The van der Waals surface area contributed by atoms with Crippen molar-refractivity contribution in [1.29, 1.82) is 0 Å². The molecule has 0 bridgehead atoms. The average Bonchev–Trinajstić information content (AvgIpc) is 2.71. The van der Waals surface area contributed by atoms with Gasteiger partial charge in [0.1, 0.15) is 5.75 Å². The van der Waals surface area contributed by atoms with Gasteiger partial charge in [-0.05, 0) is 25.3 Å². The van der Waals surface area contributed by atoms with Crippen LogP contribution >= 0.6 is 11.3 Å². The van der Waals surface area contributed by atoms with Crippen LogP contribution in [0.5, 0.6) is 5.75 Å². The van der Waals surface area contributed by atoms with Crippen LogP contribution in [-0.2, 0) is 0 Å². The molecule has 1 heterocycles. The van der Waals surface area contributed by atoms with Gasteiger partial charge >= 0.3 is 5.97 Å². The Kier molecular flexibility index (Phi) is 6.19. The first-order chi connectivity index (χ1) is 8.58. The lowest BCUT2D eigenvalue weighted by Gasteiger charge is -2.15. The Labute approximate surface area is 113 Å². The van der Waals surface area contributed by atoms with Crippen molar-refractivity contribution < 1.29 is 14.6 Å². The standard InChI is InChI=1S/C14H22O3S/c1-4-6-7-11(5-2)9-17-12-8-10(3)18-13(12)14(15)16/h8,11H,4-7,9H2,1-3H3,(H,15,16). The average molecular weight is 270 g/mol. The molecule has 1 aromatic rings. The highest BCUT2D eigenvalue weighted by molar-refractivity contribution is 7.14. The SMILES string of the molecule is CCCCC(CC)COc1cc(C)sc1C(=O)O. The Morgan fingerprint density at radius 1 is 1.50 bits per heavy atom. The van der Waals surface area contributed by atoms with Crippen LogP contribution in [0.3, 0.4) is 0 Å². The van der Waals surface area contributed by atoms with Gasteiger partial charge in [0.25, 0.3) is 0 Å². The zero-order valence-corrected chi connectivity index (χ0v) is 12.2. The van der Waals surface area contributed by atoms with Gasteiger partial charge in [0, 0.05) is 4.88 Å². The van der Waals surface area contributed by atoms with Crippen molar-refractivity contribution in [3.8, 4) is 5.75 Å². The van der Waals surface area contributed by atoms with Crippen LogP contribution < -0.4 is 4.74 Å². The van der Waals surface area contributed by atoms with Gasteiger partial charge in [0.05, 0.1) is 6.61 Å². The van der Waals surface area contributed by atoms with Crippen LogP contribution in [-0.4, -0.2) is 17.7 Å². The van der Waals surface area contributed by atoms with Gasteiger partial charge in [0.2, 0.25) is 0 Å². The summed E-state index contributed by atoms with van der Waals surface area (Å²) in [4.78, 5) is 12.3. The van der Waals surface area contributed by atoms with Gasteiger partial charge in [-0.3, -0.25) is 0 Å². The van der Waals surface area contributed by atoms with Crippen LogP contribution in [0.15, 0.2) is 6.07 Å². The molecule has 102 valence electrons. The summed E-state index contributed by atoms with van der Waals surface area (Å²) >= 11 is 1.28. The summed E-state index contributed by atoms with van der Waals surface area (Å²) in [5, 5.41) is 9.07. The van der Waals surface area contributed by atoms with Gasteiger partial charge in [-0.15, -0.1) is 11.3 Å². The second-order valence-corrected chi connectivity index (χ2v) is 5.84. The number of hydrogen-bond acceptors (Lipinski definition) is 3. The minimum absolute atomic E-state index is 0.317. The van der Waals surface area contributed by atoms with E-state index in [1.807, 2.05) is 13.0 Å². The van der Waals surface area contributed by atoms with Gasteiger partial charge in [-0.2, -0.15) is 0 Å². The first-order valence-electron chi connectivity index (χ1n) is 6.55. The van der Waals surface area contributed by atoms with E-state index in [1.54, 1.807) is 0 Å². The van der Waals surface area contributed by atoms with E-state index in [9.17, 15) is 4.79 Å². The molecule has 4 heteroatoms. The highest BCUT2D eigenvalue weighted by atomic mass is 32.1. The van der Waals surface area contributed by atoms with Gasteiger partial charge in [-0.1, -0.05) is 33.1 Å². The number of ether oxygens (including phenoxy) is 1. The van der Waals surface area contributed by atoms with Gasteiger partial charge < -0.3 is 9.84 Å². The van der Waals surface area contributed by atoms with E-state index in [0.29, 0.717) is 23.2 Å². The lowest BCUT2D eigenvalue weighted by molar-refractivity contribution is 0.0697. The Morgan fingerprint density at radius 2 is 2.22 bits per heavy atom. The summed E-state index contributed by atoms with van der Waals surface area (Å²) in [7, 11) is 0. The molecule has 1 unspecified atom stereocenters. The van der Waals surface area contributed by atoms with Crippen molar-refractivity contribution in [1.82, 2.24) is 0 Å². The molecule has 0 saturated heterocycles. The molecule has 0 aromatic carbocycles. The largest absolute Gasteiger partial charge is 0.491 e. The number of carbonyl (C=O) groups is 1. The monoisotopic (exact) mass is 270 g/mol. The third-order valence-electron chi connectivity index (χ3n) is 3.03. The first-order valence-corrected chi connectivity index (χ1v) is 7.36. The zero-order chi connectivity index (χ0) is 13.5. The summed E-state index contributed by atoms with van der Waals surface area (Å²) in [5.74, 6) is 0.149. The second-order valence-electron chi connectivity index (χ2n) is 4.58. The van der Waals surface area contributed by atoms with Crippen LogP contribution in [0, 0.1) is 12.8 Å². The Balaban J connectivity index is 2.58. The summed E-state index contributed by atoms with van der Waals surface area (Å²) in [6.45, 7) is 6.85. The number of unbranched alkanes of at least 4 members (excludes halogenated alkanes) is 1. The topological polar surface area (TPSA) is 46.5 Å². The highest BCUT2D eigenvalue weighted by Gasteiger charge is 2.16. The summed E-state index contributed by atoms with van der Waals surface area (Å²) in [5.41, 5.74) is 0. The number of aromatic carboxylic acids is 1. The number of carboxylic acids is 1.